The Morgan fingerprint density at radius 1 is 1.53 bits per heavy atom. The number of amides is 2. The van der Waals surface area contributed by atoms with Gasteiger partial charge >= 0.3 is 0 Å². The van der Waals surface area contributed by atoms with Crippen molar-refractivity contribution in [3.63, 3.8) is 0 Å². The van der Waals surface area contributed by atoms with Crippen molar-refractivity contribution < 1.29 is 9.59 Å². The van der Waals surface area contributed by atoms with Crippen LogP contribution in [0.5, 0.6) is 0 Å². The Hall–Kier alpha value is -1.69. The van der Waals surface area contributed by atoms with E-state index in [0.29, 0.717) is 25.1 Å². The van der Waals surface area contributed by atoms with Crippen LogP contribution in [-0.4, -0.2) is 28.5 Å². The van der Waals surface area contributed by atoms with E-state index in [1.165, 1.54) is 0 Å². The molecule has 1 N–H and O–H groups in total. The number of hydrogen-bond acceptors (Lipinski definition) is 4. The average molecular weight is 279 g/mol. The van der Waals surface area contributed by atoms with Crippen LogP contribution in [0.2, 0.25) is 0 Å². The van der Waals surface area contributed by atoms with Gasteiger partial charge in [-0.1, -0.05) is 6.07 Å². The number of nitrogens with one attached hydrogen (secondary N) is 1. The number of carbonyl (C=O) groups is 2. The summed E-state index contributed by atoms with van der Waals surface area (Å²) in [6, 6.07) is 4.08. The predicted octanol–water partition coefficient (Wildman–Crippen LogP) is 1.75. The molecule has 5 nitrogen and oxygen atoms in total. The first-order valence-corrected chi connectivity index (χ1v) is 7.14. The minimum absolute atomic E-state index is 0.0925. The van der Waals surface area contributed by atoms with E-state index in [-0.39, 0.29) is 17.9 Å². The third-order valence-corrected chi connectivity index (χ3v) is 3.80. The summed E-state index contributed by atoms with van der Waals surface area (Å²) >= 11 is 1.63. The highest BCUT2D eigenvalue weighted by atomic mass is 32.1. The Morgan fingerprint density at radius 2 is 2.32 bits per heavy atom. The zero-order valence-corrected chi connectivity index (χ0v) is 11.9. The molecule has 0 spiro atoms. The second kappa shape index (κ2) is 5.97. The van der Waals surface area contributed by atoms with Crippen LogP contribution in [0.3, 0.4) is 0 Å². The summed E-state index contributed by atoms with van der Waals surface area (Å²) in [5, 5.41) is 5.87. The summed E-state index contributed by atoms with van der Waals surface area (Å²) in [6.07, 6.45) is 0.744. The van der Waals surface area contributed by atoms with Crippen LogP contribution in [-0.2, 0) is 16.1 Å². The summed E-state index contributed by atoms with van der Waals surface area (Å²) in [6.45, 7) is 4.54. The maximum Gasteiger partial charge on any atom is 0.270 e. The Balaban J connectivity index is 2.10. The van der Waals surface area contributed by atoms with Gasteiger partial charge in [0.1, 0.15) is 5.71 Å². The molecule has 1 aliphatic rings. The zero-order valence-electron chi connectivity index (χ0n) is 11.0. The summed E-state index contributed by atoms with van der Waals surface area (Å²) in [4.78, 5) is 26.4. The molecule has 0 unspecified atom stereocenters. The lowest BCUT2D eigenvalue weighted by atomic mass is 10.1. The first-order valence-electron chi connectivity index (χ1n) is 6.26. The molecule has 1 aromatic rings. The molecule has 19 heavy (non-hydrogen) atoms. The maximum atomic E-state index is 12.4. The largest absolute Gasteiger partial charge is 0.330 e. The van der Waals surface area contributed by atoms with E-state index < -0.39 is 0 Å². The van der Waals surface area contributed by atoms with Gasteiger partial charge in [-0.2, -0.15) is 5.10 Å². The fraction of sp³-hybridized carbons (Fsp3) is 0.462. The number of hydrazone groups is 1. The summed E-state index contributed by atoms with van der Waals surface area (Å²) in [5.74, 6) is -0.227. The van der Waals surface area contributed by atoms with Gasteiger partial charge in [0, 0.05) is 23.8 Å². The van der Waals surface area contributed by atoms with Crippen molar-refractivity contribution in [2.24, 2.45) is 5.10 Å². The number of carbonyl (C=O) groups excluding carboxylic acids is 2. The van der Waals surface area contributed by atoms with Crippen molar-refractivity contribution in [3.8, 4) is 0 Å². The summed E-state index contributed by atoms with van der Waals surface area (Å²) in [5.41, 5.74) is 2.80. The quantitative estimate of drug-likeness (QED) is 0.912. The van der Waals surface area contributed by atoms with E-state index in [1.54, 1.807) is 16.2 Å². The number of rotatable bonds is 4. The van der Waals surface area contributed by atoms with E-state index in [1.807, 2.05) is 31.4 Å². The highest BCUT2D eigenvalue weighted by Gasteiger charge is 2.25. The van der Waals surface area contributed by atoms with Crippen LogP contribution in [0.4, 0.5) is 0 Å². The molecule has 0 saturated heterocycles. The molecule has 0 radical (unpaired) electrons. The molecule has 1 aromatic heterocycles. The molecule has 0 aromatic carbocycles. The lowest BCUT2D eigenvalue weighted by Gasteiger charge is -2.27. The SMILES string of the molecule is CC(C)N(Cc1cccs1)C(=O)C1=NNC(=O)CC1. The van der Waals surface area contributed by atoms with Gasteiger partial charge in [-0.05, 0) is 25.3 Å². The van der Waals surface area contributed by atoms with Crippen LogP contribution < -0.4 is 5.43 Å². The standard InChI is InChI=1S/C13H17N3O2S/c1-9(2)16(8-10-4-3-7-19-10)13(18)11-5-6-12(17)15-14-11/h3-4,7,9H,5-6,8H2,1-2H3,(H,15,17). The second-order valence-corrected chi connectivity index (χ2v) is 5.73. The van der Waals surface area contributed by atoms with Crippen molar-refractivity contribution in [3.05, 3.63) is 22.4 Å². The van der Waals surface area contributed by atoms with Crippen molar-refractivity contribution in [2.75, 3.05) is 0 Å². The minimum atomic E-state index is -0.133. The van der Waals surface area contributed by atoms with Gasteiger partial charge in [0.15, 0.2) is 0 Å². The summed E-state index contributed by atoms with van der Waals surface area (Å²) < 4.78 is 0. The highest BCUT2D eigenvalue weighted by Crippen LogP contribution is 2.15. The molecule has 0 aliphatic carbocycles. The van der Waals surface area contributed by atoms with Gasteiger partial charge in [0.05, 0.1) is 6.54 Å². The van der Waals surface area contributed by atoms with Crippen molar-refractivity contribution in [1.82, 2.24) is 10.3 Å². The van der Waals surface area contributed by atoms with Crippen LogP contribution in [0.1, 0.15) is 31.6 Å². The Bertz CT molecular complexity index is 494. The molecule has 0 fully saturated rings. The van der Waals surface area contributed by atoms with Gasteiger partial charge in [0.25, 0.3) is 5.91 Å². The predicted molar refractivity (Wildman–Crippen MR) is 74.8 cm³/mol. The third kappa shape index (κ3) is 3.41. The van der Waals surface area contributed by atoms with E-state index >= 15 is 0 Å². The molecule has 6 heteroatoms. The first kappa shape index (κ1) is 13.7. The monoisotopic (exact) mass is 279 g/mol. The lowest BCUT2D eigenvalue weighted by molar-refractivity contribution is -0.126. The van der Waals surface area contributed by atoms with Gasteiger partial charge in [-0.25, -0.2) is 5.43 Å². The molecule has 0 saturated carbocycles. The van der Waals surface area contributed by atoms with Crippen molar-refractivity contribution in [1.29, 1.82) is 0 Å². The highest BCUT2D eigenvalue weighted by molar-refractivity contribution is 7.09. The van der Waals surface area contributed by atoms with E-state index in [4.69, 9.17) is 0 Å². The number of hydrogen-bond donors (Lipinski definition) is 1. The van der Waals surface area contributed by atoms with Crippen LogP contribution in [0.25, 0.3) is 0 Å². The van der Waals surface area contributed by atoms with Crippen LogP contribution in [0, 0.1) is 0 Å². The third-order valence-electron chi connectivity index (χ3n) is 2.94. The Kier molecular flexibility index (Phi) is 4.31. The molecule has 1 aliphatic heterocycles. The van der Waals surface area contributed by atoms with E-state index in [2.05, 4.69) is 10.5 Å². The van der Waals surface area contributed by atoms with Crippen molar-refractivity contribution in [2.45, 2.75) is 39.3 Å². The molecule has 0 atom stereocenters. The van der Waals surface area contributed by atoms with Gasteiger partial charge < -0.3 is 4.90 Å². The van der Waals surface area contributed by atoms with Gasteiger partial charge in [0.2, 0.25) is 5.91 Å². The van der Waals surface area contributed by atoms with Gasteiger partial charge in [-0.3, -0.25) is 9.59 Å². The molecule has 2 heterocycles. The number of nitrogens with zero attached hydrogens (tertiary/aromatic N) is 2. The normalized spacial score (nSPS) is 15.1. The topological polar surface area (TPSA) is 61.8 Å². The molecule has 102 valence electrons. The molecular weight excluding hydrogens is 262 g/mol. The maximum absolute atomic E-state index is 12.4. The lowest BCUT2D eigenvalue weighted by Crippen LogP contribution is -2.43. The molecule has 2 amide bonds. The van der Waals surface area contributed by atoms with Crippen LogP contribution in [0.15, 0.2) is 22.6 Å². The van der Waals surface area contributed by atoms with Crippen LogP contribution >= 0.6 is 11.3 Å². The average Bonchev–Trinajstić information content (AvgIpc) is 2.88. The fourth-order valence-corrected chi connectivity index (χ4v) is 2.56. The molecule has 0 bridgehead atoms. The zero-order chi connectivity index (χ0) is 13.8. The molecule has 2 rings (SSSR count). The minimum Gasteiger partial charge on any atom is -0.330 e. The van der Waals surface area contributed by atoms with Gasteiger partial charge in [-0.15, -0.1) is 11.3 Å². The van der Waals surface area contributed by atoms with E-state index in [9.17, 15) is 9.59 Å². The first-order chi connectivity index (χ1) is 9.08. The summed E-state index contributed by atoms with van der Waals surface area (Å²) in [7, 11) is 0. The van der Waals surface area contributed by atoms with Crippen molar-refractivity contribution >= 4 is 28.9 Å². The molecular formula is C13H17N3O2S. The van der Waals surface area contributed by atoms with E-state index in [0.717, 1.165) is 4.88 Å². The Morgan fingerprint density at radius 3 is 2.84 bits per heavy atom. The second-order valence-electron chi connectivity index (χ2n) is 4.70. The smallest absolute Gasteiger partial charge is 0.270 e. The fourth-order valence-electron chi connectivity index (χ4n) is 1.85. The number of thiophene rings is 1. The Labute approximate surface area is 116 Å².